The molecule has 42 heavy (non-hydrogen) atoms. The number of carbonyl (C=O) groups excluding carboxylic acids is 2. The molecule has 1 fully saturated rings. The van der Waals surface area contributed by atoms with Crippen molar-refractivity contribution >= 4 is 23.0 Å². The molecular formula is C34H40N4O4. The molecule has 1 saturated heterocycles. The highest BCUT2D eigenvalue weighted by Gasteiger charge is 2.32. The molecule has 3 aromatic carbocycles. The zero-order chi connectivity index (χ0) is 29.7. The smallest absolute Gasteiger partial charge is 0.409 e. The molecule has 220 valence electrons. The summed E-state index contributed by atoms with van der Waals surface area (Å²) in [5.74, 6) is -0.225. The molecular weight excluding hydrogens is 528 g/mol. The van der Waals surface area contributed by atoms with E-state index in [1.165, 1.54) is 15.7 Å². The van der Waals surface area contributed by atoms with Crippen LogP contribution < -0.4 is 5.69 Å². The molecule has 1 aromatic heterocycles. The van der Waals surface area contributed by atoms with Gasteiger partial charge in [-0.3, -0.25) is 14.3 Å². The average Bonchev–Trinajstić information content (AvgIpc) is 3.28. The van der Waals surface area contributed by atoms with Crippen LogP contribution in [0.3, 0.4) is 0 Å². The normalized spacial score (nSPS) is 14.4. The molecule has 5 rings (SSSR count). The Balaban J connectivity index is 1.20. The van der Waals surface area contributed by atoms with Gasteiger partial charge in [0.05, 0.1) is 11.0 Å². The van der Waals surface area contributed by atoms with Gasteiger partial charge < -0.3 is 9.64 Å². The summed E-state index contributed by atoms with van der Waals surface area (Å²) in [5.41, 5.74) is 2.79. The van der Waals surface area contributed by atoms with E-state index in [1.54, 1.807) is 9.47 Å². The number of piperidine rings is 1. The largest absolute Gasteiger partial charge is 0.448 e. The van der Waals surface area contributed by atoms with Gasteiger partial charge in [-0.2, -0.15) is 0 Å². The first-order chi connectivity index (χ1) is 20.2. The number of ether oxygens (including phenoxy) is 1. The summed E-state index contributed by atoms with van der Waals surface area (Å²) in [6.45, 7) is 8.86. The lowest BCUT2D eigenvalue weighted by molar-refractivity contribution is 0.0757. The third-order valence-corrected chi connectivity index (χ3v) is 7.84. The van der Waals surface area contributed by atoms with Crippen molar-refractivity contribution in [3.63, 3.8) is 0 Å². The average molecular weight is 569 g/mol. The van der Waals surface area contributed by atoms with E-state index in [2.05, 4.69) is 29.2 Å². The minimum atomic E-state index is -0.691. The molecule has 1 aliphatic rings. The number of nitrogens with zero attached hydrogens (tertiary/aromatic N) is 4. The van der Waals surface area contributed by atoms with Crippen molar-refractivity contribution in [3.05, 3.63) is 107 Å². The number of para-hydroxylation sites is 2. The maximum Gasteiger partial charge on any atom is 0.409 e. The summed E-state index contributed by atoms with van der Waals surface area (Å²) >= 11 is 0. The van der Waals surface area contributed by atoms with Crippen molar-refractivity contribution in [2.75, 3.05) is 26.2 Å². The molecule has 0 bridgehead atoms. The Kier molecular flexibility index (Phi) is 8.92. The number of amides is 1. The second kappa shape index (κ2) is 12.8. The first-order valence-corrected chi connectivity index (χ1v) is 14.7. The second-order valence-corrected chi connectivity index (χ2v) is 12.0. The number of imidazole rings is 1. The van der Waals surface area contributed by atoms with E-state index in [0.29, 0.717) is 44.6 Å². The number of hydrogen-bond donors (Lipinski definition) is 0. The molecule has 0 radical (unpaired) electrons. The zero-order valence-electron chi connectivity index (χ0n) is 24.7. The summed E-state index contributed by atoms with van der Waals surface area (Å²) in [6.07, 6.45) is 0.896. The number of rotatable bonds is 8. The molecule has 4 aromatic rings. The minimum absolute atomic E-state index is 0.104. The predicted molar refractivity (Wildman–Crippen MR) is 164 cm³/mol. The van der Waals surface area contributed by atoms with Crippen LogP contribution in [-0.2, 0) is 17.8 Å². The Labute approximate surface area is 247 Å². The fourth-order valence-electron chi connectivity index (χ4n) is 5.61. The van der Waals surface area contributed by atoms with E-state index >= 15 is 0 Å². The van der Waals surface area contributed by atoms with Gasteiger partial charge in [0.2, 0.25) is 5.91 Å². The quantitative estimate of drug-likeness (QED) is 0.262. The van der Waals surface area contributed by atoms with E-state index in [0.717, 1.165) is 18.6 Å². The molecule has 8 heteroatoms. The summed E-state index contributed by atoms with van der Waals surface area (Å²) in [7, 11) is 0. The Morgan fingerprint density at radius 2 is 1.33 bits per heavy atom. The molecule has 0 aliphatic carbocycles. The number of likely N-dealkylation sites (tertiary alicyclic amines) is 1. The molecule has 2 heterocycles. The third-order valence-electron chi connectivity index (χ3n) is 7.84. The number of fused-ring (bicyclic) bond motifs is 1. The Morgan fingerprint density at radius 3 is 1.88 bits per heavy atom. The van der Waals surface area contributed by atoms with Crippen LogP contribution in [-0.4, -0.2) is 57.2 Å². The van der Waals surface area contributed by atoms with Crippen LogP contribution in [0.15, 0.2) is 89.7 Å². The molecule has 8 nitrogen and oxygen atoms in total. The topological polar surface area (TPSA) is 76.8 Å². The lowest BCUT2D eigenvalue weighted by Crippen LogP contribution is -2.42. The van der Waals surface area contributed by atoms with Crippen molar-refractivity contribution < 1.29 is 14.3 Å². The molecule has 0 spiro atoms. The van der Waals surface area contributed by atoms with E-state index in [1.807, 2.05) is 81.4 Å². The highest BCUT2D eigenvalue weighted by atomic mass is 16.6. The Hall–Kier alpha value is -4.17. The molecule has 0 N–H and O–H groups in total. The molecule has 1 aliphatic heterocycles. The summed E-state index contributed by atoms with van der Waals surface area (Å²) < 4.78 is 8.78. The lowest BCUT2D eigenvalue weighted by Gasteiger charge is -2.32. The Morgan fingerprint density at radius 1 is 0.810 bits per heavy atom. The van der Waals surface area contributed by atoms with E-state index in [4.69, 9.17) is 4.74 Å². The molecule has 1 amide bonds. The van der Waals surface area contributed by atoms with Crippen molar-refractivity contribution in [3.8, 4) is 0 Å². The van der Waals surface area contributed by atoms with Crippen LogP contribution in [0, 0.1) is 5.41 Å². The van der Waals surface area contributed by atoms with Crippen LogP contribution >= 0.6 is 0 Å². The van der Waals surface area contributed by atoms with Crippen LogP contribution in [0.2, 0.25) is 0 Å². The molecule has 0 atom stereocenters. The summed E-state index contributed by atoms with van der Waals surface area (Å²) in [4.78, 5) is 43.7. The van der Waals surface area contributed by atoms with Crippen LogP contribution in [0.25, 0.3) is 11.0 Å². The van der Waals surface area contributed by atoms with Crippen LogP contribution in [0.4, 0.5) is 4.79 Å². The monoisotopic (exact) mass is 568 g/mol. The molecule has 0 unspecified atom stereocenters. The fourth-order valence-corrected chi connectivity index (χ4v) is 5.61. The van der Waals surface area contributed by atoms with Gasteiger partial charge >= 0.3 is 11.8 Å². The van der Waals surface area contributed by atoms with Crippen molar-refractivity contribution in [1.29, 1.82) is 0 Å². The van der Waals surface area contributed by atoms with Gasteiger partial charge in [0, 0.05) is 44.2 Å². The summed E-state index contributed by atoms with van der Waals surface area (Å²) in [5, 5.41) is 0. The number of carbonyl (C=O) groups is 2. The number of hydrogen-bond acceptors (Lipinski definition) is 5. The van der Waals surface area contributed by atoms with Crippen molar-refractivity contribution in [1.82, 2.24) is 18.9 Å². The lowest BCUT2D eigenvalue weighted by atomic mass is 9.95. The number of benzene rings is 3. The highest BCUT2D eigenvalue weighted by Crippen LogP contribution is 2.27. The SMILES string of the molecule is CC(C)(C)C(=O)n1c(=O)n(C2CCN(C(=O)OCCN(Cc3ccccc3)Cc3ccccc3)CC2)c2ccccc21. The summed E-state index contributed by atoms with van der Waals surface area (Å²) in [6, 6.07) is 27.9. The Bertz CT molecular complexity index is 1520. The predicted octanol–water partition coefficient (Wildman–Crippen LogP) is 5.97. The van der Waals surface area contributed by atoms with E-state index < -0.39 is 5.41 Å². The maximum atomic E-state index is 13.6. The van der Waals surface area contributed by atoms with Gasteiger partial charge in [-0.15, -0.1) is 0 Å². The van der Waals surface area contributed by atoms with Gasteiger partial charge in [-0.05, 0) is 36.1 Å². The number of aromatic nitrogens is 2. The van der Waals surface area contributed by atoms with E-state index in [9.17, 15) is 14.4 Å². The van der Waals surface area contributed by atoms with Gasteiger partial charge in [0.15, 0.2) is 0 Å². The van der Waals surface area contributed by atoms with Gasteiger partial charge in [0.1, 0.15) is 6.61 Å². The second-order valence-electron chi connectivity index (χ2n) is 12.0. The third kappa shape index (κ3) is 6.65. The first-order valence-electron chi connectivity index (χ1n) is 14.7. The van der Waals surface area contributed by atoms with E-state index in [-0.39, 0.29) is 23.7 Å². The standard InChI is InChI=1S/C34H40N4O4/c1-34(2,3)31(39)38-30-17-11-10-16-29(30)37(32(38)40)28-18-20-36(21-19-28)33(41)42-23-22-35(24-26-12-6-4-7-13-26)25-27-14-8-5-9-15-27/h4-17,28H,18-25H2,1-3H3. The zero-order valence-corrected chi connectivity index (χ0v) is 24.7. The van der Waals surface area contributed by atoms with Crippen LogP contribution in [0.1, 0.15) is 55.6 Å². The van der Waals surface area contributed by atoms with Gasteiger partial charge in [-0.25, -0.2) is 14.2 Å². The minimum Gasteiger partial charge on any atom is -0.448 e. The first kappa shape index (κ1) is 29.3. The van der Waals surface area contributed by atoms with Crippen molar-refractivity contribution in [2.24, 2.45) is 5.41 Å². The van der Waals surface area contributed by atoms with Crippen molar-refractivity contribution in [2.45, 2.75) is 52.7 Å². The molecule has 0 saturated carbocycles. The highest BCUT2D eigenvalue weighted by molar-refractivity contribution is 5.93. The fraction of sp³-hybridized carbons (Fsp3) is 0.382. The van der Waals surface area contributed by atoms with Gasteiger partial charge in [0.25, 0.3) is 0 Å². The maximum absolute atomic E-state index is 13.6. The van der Waals surface area contributed by atoms with Crippen LogP contribution in [0.5, 0.6) is 0 Å². The van der Waals surface area contributed by atoms with Gasteiger partial charge in [-0.1, -0.05) is 93.6 Å².